The Morgan fingerprint density at radius 1 is 1.24 bits per heavy atom. The Labute approximate surface area is 158 Å². The lowest BCUT2D eigenvalue weighted by molar-refractivity contribution is -0.119. The molecule has 25 heavy (non-hydrogen) atoms. The highest BCUT2D eigenvalue weighted by Crippen LogP contribution is 2.28. The van der Waals surface area contributed by atoms with Gasteiger partial charge in [0.1, 0.15) is 0 Å². The zero-order valence-electron chi connectivity index (χ0n) is 13.9. The molecule has 0 radical (unpaired) electrons. The summed E-state index contributed by atoms with van der Waals surface area (Å²) in [6.07, 6.45) is 0. The highest BCUT2D eigenvalue weighted by Gasteiger charge is 2.12. The molecule has 0 spiro atoms. The van der Waals surface area contributed by atoms with E-state index >= 15 is 0 Å². The maximum Gasteiger partial charge on any atom is 0.230 e. The molecule has 0 bridgehead atoms. The van der Waals surface area contributed by atoms with Crippen molar-refractivity contribution in [3.8, 4) is 0 Å². The zero-order valence-corrected chi connectivity index (χ0v) is 16.3. The van der Waals surface area contributed by atoms with Crippen LogP contribution in [-0.4, -0.2) is 21.9 Å². The third-order valence-corrected chi connectivity index (χ3v) is 6.41. The summed E-state index contributed by atoms with van der Waals surface area (Å²) in [4.78, 5) is 13.2. The van der Waals surface area contributed by atoms with Crippen molar-refractivity contribution in [3.63, 3.8) is 0 Å². The SMILES string of the molecule is Cc1ccc(Nc2nnc(SCC(=O)N[C@@H](C)c3cccs3)s2)cc1. The van der Waals surface area contributed by atoms with E-state index in [-0.39, 0.29) is 11.9 Å². The van der Waals surface area contributed by atoms with E-state index in [0.29, 0.717) is 5.75 Å². The number of thioether (sulfide) groups is 1. The van der Waals surface area contributed by atoms with Crippen LogP contribution < -0.4 is 10.6 Å². The first-order valence-electron chi connectivity index (χ1n) is 7.73. The van der Waals surface area contributed by atoms with Crippen LogP contribution in [-0.2, 0) is 4.79 Å². The van der Waals surface area contributed by atoms with Crippen molar-refractivity contribution >= 4 is 51.2 Å². The highest BCUT2D eigenvalue weighted by atomic mass is 32.2. The van der Waals surface area contributed by atoms with Gasteiger partial charge in [0.2, 0.25) is 11.0 Å². The quantitative estimate of drug-likeness (QED) is 0.576. The summed E-state index contributed by atoms with van der Waals surface area (Å²) in [6, 6.07) is 12.1. The van der Waals surface area contributed by atoms with Crippen LogP contribution in [0, 0.1) is 6.92 Å². The number of amides is 1. The van der Waals surface area contributed by atoms with Crippen LogP contribution in [0.3, 0.4) is 0 Å². The van der Waals surface area contributed by atoms with Crippen molar-refractivity contribution in [3.05, 3.63) is 52.2 Å². The fourth-order valence-electron chi connectivity index (χ4n) is 2.10. The smallest absolute Gasteiger partial charge is 0.230 e. The molecule has 3 rings (SSSR count). The summed E-state index contributed by atoms with van der Waals surface area (Å²) in [6.45, 7) is 4.04. The highest BCUT2D eigenvalue weighted by molar-refractivity contribution is 8.01. The first kappa shape index (κ1) is 17.9. The molecular formula is C17H18N4OS3. The van der Waals surface area contributed by atoms with E-state index in [1.165, 1.54) is 28.7 Å². The number of hydrogen-bond acceptors (Lipinski definition) is 7. The van der Waals surface area contributed by atoms with Crippen molar-refractivity contribution in [2.75, 3.05) is 11.1 Å². The second-order valence-electron chi connectivity index (χ2n) is 5.46. The van der Waals surface area contributed by atoms with Crippen molar-refractivity contribution in [2.45, 2.75) is 24.2 Å². The molecule has 0 saturated carbocycles. The lowest BCUT2D eigenvalue weighted by Crippen LogP contribution is -2.27. The van der Waals surface area contributed by atoms with Gasteiger partial charge in [-0.05, 0) is 37.4 Å². The molecule has 0 aliphatic rings. The van der Waals surface area contributed by atoms with Crippen molar-refractivity contribution < 1.29 is 4.79 Å². The number of aryl methyl sites for hydroxylation is 1. The molecule has 0 fully saturated rings. The fourth-order valence-corrected chi connectivity index (χ4v) is 4.42. The first-order chi connectivity index (χ1) is 12.1. The number of hydrogen-bond donors (Lipinski definition) is 2. The van der Waals surface area contributed by atoms with Gasteiger partial charge in [-0.2, -0.15) is 0 Å². The van der Waals surface area contributed by atoms with Gasteiger partial charge in [0.25, 0.3) is 0 Å². The Morgan fingerprint density at radius 3 is 2.76 bits per heavy atom. The minimum absolute atomic E-state index is 0.00542. The fraction of sp³-hybridized carbons (Fsp3) is 0.235. The molecule has 2 N–H and O–H groups in total. The van der Waals surface area contributed by atoms with E-state index in [0.717, 1.165) is 20.0 Å². The summed E-state index contributed by atoms with van der Waals surface area (Å²) in [5.74, 6) is 0.323. The molecular weight excluding hydrogens is 372 g/mol. The molecule has 130 valence electrons. The van der Waals surface area contributed by atoms with Crippen LogP contribution in [0.5, 0.6) is 0 Å². The Kier molecular flexibility index (Phi) is 6.06. The number of nitrogens with one attached hydrogen (secondary N) is 2. The van der Waals surface area contributed by atoms with Crippen LogP contribution in [0.25, 0.3) is 0 Å². The van der Waals surface area contributed by atoms with E-state index in [9.17, 15) is 4.79 Å². The summed E-state index contributed by atoms with van der Waals surface area (Å²) in [5, 5.41) is 17.2. The number of carbonyl (C=O) groups is 1. The third kappa shape index (κ3) is 5.29. The lowest BCUT2D eigenvalue weighted by Gasteiger charge is -2.11. The van der Waals surface area contributed by atoms with Gasteiger partial charge in [0.15, 0.2) is 4.34 Å². The molecule has 5 nitrogen and oxygen atoms in total. The number of thiophene rings is 1. The topological polar surface area (TPSA) is 66.9 Å². The molecule has 0 saturated heterocycles. The van der Waals surface area contributed by atoms with E-state index in [4.69, 9.17) is 0 Å². The summed E-state index contributed by atoms with van der Waals surface area (Å²) in [7, 11) is 0. The van der Waals surface area contributed by atoms with Crippen LogP contribution in [0.1, 0.15) is 23.4 Å². The van der Waals surface area contributed by atoms with E-state index in [1.54, 1.807) is 11.3 Å². The standard InChI is InChI=1S/C17H18N4OS3/c1-11-5-7-13(8-6-11)19-16-20-21-17(25-16)24-10-15(22)18-12(2)14-4-3-9-23-14/h3-9,12H,10H2,1-2H3,(H,18,22)(H,19,20)/t12-/m0/s1. The molecule has 0 aliphatic heterocycles. The molecule has 8 heteroatoms. The molecule has 0 unspecified atom stereocenters. The van der Waals surface area contributed by atoms with Gasteiger partial charge in [-0.3, -0.25) is 4.79 Å². The Bertz CT molecular complexity index is 815. The van der Waals surface area contributed by atoms with Crippen molar-refractivity contribution in [1.82, 2.24) is 15.5 Å². The summed E-state index contributed by atoms with van der Waals surface area (Å²) in [5.41, 5.74) is 2.18. The van der Waals surface area contributed by atoms with Crippen molar-refractivity contribution in [2.24, 2.45) is 0 Å². The average molecular weight is 391 g/mol. The number of rotatable bonds is 7. The van der Waals surface area contributed by atoms with Gasteiger partial charge in [0, 0.05) is 10.6 Å². The second kappa shape index (κ2) is 8.46. The average Bonchev–Trinajstić information content (AvgIpc) is 3.27. The number of anilines is 2. The predicted molar refractivity (Wildman–Crippen MR) is 106 cm³/mol. The van der Waals surface area contributed by atoms with E-state index in [1.807, 2.05) is 55.6 Å². The monoisotopic (exact) mass is 390 g/mol. The minimum Gasteiger partial charge on any atom is -0.348 e. The summed E-state index contributed by atoms with van der Waals surface area (Å²) < 4.78 is 0.772. The Balaban J connectivity index is 1.48. The minimum atomic E-state index is -0.00542. The Morgan fingerprint density at radius 2 is 2.04 bits per heavy atom. The normalized spacial score (nSPS) is 11.9. The van der Waals surface area contributed by atoms with Crippen LogP contribution in [0.15, 0.2) is 46.1 Å². The Hall–Kier alpha value is -1.90. The van der Waals surface area contributed by atoms with Crippen molar-refractivity contribution in [1.29, 1.82) is 0 Å². The molecule has 1 aromatic carbocycles. The van der Waals surface area contributed by atoms with Crippen LogP contribution in [0.2, 0.25) is 0 Å². The summed E-state index contributed by atoms with van der Waals surface area (Å²) >= 11 is 4.48. The van der Waals surface area contributed by atoms with Crippen LogP contribution in [0.4, 0.5) is 10.8 Å². The third-order valence-electron chi connectivity index (χ3n) is 3.38. The number of aromatic nitrogens is 2. The van der Waals surface area contributed by atoms with Gasteiger partial charge in [-0.1, -0.05) is 46.9 Å². The first-order valence-corrected chi connectivity index (χ1v) is 10.4. The predicted octanol–water partition coefficient (Wildman–Crippen LogP) is 4.62. The second-order valence-corrected chi connectivity index (χ2v) is 8.64. The molecule has 3 aromatic rings. The van der Waals surface area contributed by atoms with Gasteiger partial charge in [-0.15, -0.1) is 21.5 Å². The van der Waals surface area contributed by atoms with E-state index in [2.05, 4.69) is 20.8 Å². The lowest BCUT2D eigenvalue weighted by atomic mass is 10.2. The van der Waals surface area contributed by atoms with E-state index < -0.39 is 0 Å². The zero-order chi connectivity index (χ0) is 17.6. The molecule has 1 atom stereocenters. The number of benzene rings is 1. The van der Waals surface area contributed by atoms with Gasteiger partial charge >= 0.3 is 0 Å². The van der Waals surface area contributed by atoms with Gasteiger partial charge in [-0.25, -0.2) is 0 Å². The molecule has 2 heterocycles. The maximum atomic E-state index is 12.1. The molecule has 0 aliphatic carbocycles. The molecule has 1 amide bonds. The number of nitrogens with zero attached hydrogens (tertiary/aromatic N) is 2. The van der Waals surface area contributed by atoms with Gasteiger partial charge < -0.3 is 10.6 Å². The van der Waals surface area contributed by atoms with Crippen LogP contribution >= 0.6 is 34.4 Å². The maximum absolute atomic E-state index is 12.1. The van der Waals surface area contributed by atoms with Gasteiger partial charge in [0.05, 0.1) is 11.8 Å². The largest absolute Gasteiger partial charge is 0.348 e. The molecule has 2 aromatic heterocycles. The number of carbonyl (C=O) groups excluding carboxylic acids is 1.